The van der Waals surface area contributed by atoms with Crippen molar-refractivity contribution in [3.05, 3.63) is 0 Å². The van der Waals surface area contributed by atoms with E-state index in [0.29, 0.717) is 6.42 Å². The van der Waals surface area contributed by atoms with E-state index in [0.717, 1.165) is 45.2 Å². The minimum absolute atomic E-state index is 0.111. The summed E-state index contributed by atoms with van der Waals surface area (Å²) in [6.45, 7) is 1.73. The van der Waals surface area contributed by atoms with Gasteiger partial charge in [0.05, 0.1) is 5.92 Å². The van der Waals surface area contributed by atoms with Gasteiger partial charge in [-0.25, -0.2) is 0 Å². The zero-order valence-electron chi connectivity index (χ0n) is 9.21. The molecule has 0 N–H and O–H groups in total. The number of carbonyl (C=O) groups excluding carboxylic acids is 2. The van der Waals surface area contributed by atoms with E-state index in [4.69, 9.17) is 0 Å². The number of carbonyl (C=O) groups is 2. The Labute approximate surface area is 90.8 Å². The van der Waals surface area contributed by atoms with Crippen LogP contribution in [-0.4, -0.2) is 29.7 Å². The maximum Gasteiger partial charge on any atom is 0.233 e. The van der Waals surface area contributed by atoms with Gasteiger partial charge >= 0.3 is 0 Å². The van der Waals surface area contributed by atoms with Crippen LogP contribution in [0, 0.1) is 5.92 Å². The van der Waals surface area contributed by atoms with Crippen molar-refractivity contribution in [2.75, 3.05) is 13.1 Å². The molecule has 0 aromatic carbocycles. The Hall–Kier alpha value is -0.860. The van der Waals surface area contributed by atoms with Gasteiger partial charge in [-0.1, -0.05) is 6.42 Å². The Bertz CT molecular complexity index is 256. The Morgan fingerprint density at radius 3 is 2.47 bits per heavy atom. The fourth-order valence-corrected chi connectivity index (χ4v) is 2.58. The molecule has 84 valence electrons. The summed E-state index contributed by atoms with van der Waals surface area (Å²) < 4.78 is 0. The lowest BCUT2D eigenvalue weighted by Crippen LogP contribution is -2.43. The molecule has 0 aromatic heterocycles. The third-order valence-electron chi connectivity index (χ3n) is 3.52. The highest BCUT2D eigenvalue weighted by molar-refractivity contribution is 6.01. The van der Waals surface area contributed by atoms with E-state index in [-0.39, 0.29) is 17.6 Å². The lowest BCUT2D eigenvalue weighted by molar-refractivity contribution is -0.143. The molecule has 0 bridgehead atoms. The van der Waals surface area contributed by atoms with Crippen LogP contribution >= 0.6 is 0 Å². The molecular formula is C12H19NO2. The number of hydrogen-bond acceptors (Lipinski definition) is 2. The summed E-state index contributed by atoms with van der Waals surface area (Å²) >= 11 is 0. The van der Waals surface area contributed by atoms with E-state index in [2.05, 4.69) is 0 Å². The van der Waals surface area contributed by atoms with Crippen LogP contribution in [0.2, 0.25) is 0 Å². The quantitative estimate of drug-likeness (QED) is 0.617. The lowest BCUT2D eigenvalue weighted by Gasteiger charge is -2.31. The van der Waals surface area contributed by atoms with Crippen LogP contribution in [0.5, 0.6) is 0 Å². The highest BCUT2D eigenvalue weighted by Gasteiger charge is 2.32. The second-order valence-electron chi connectivity index (χ2n) is 4.65. The maximum atomic E-state index is 12.1. The molecule has 0 aromatic rings. The summed E-state index contributed by atoms with van der Waals surface area (Å²) in [5.74, 6) is -0.00641. The first-order valence-electron chi connectivity index (χ1n) is 6.10. The summed E-state index contributed by atoms with van der Waals surface area (Å²) in [5.41, 5.74) is 0. The van der Waals surface area contributed by atoms with Crippen LogP contribution in [0.25, 0.3) is 0 Å². The summed E-state index contributed by atoms with van der Waals surface area (Å²) in [6.07, 6.45) is 6.85. The first-order chi connectivity index (χ1) is 7.29. The van der Waals surface area contributed by atoms with Crippen molar-refractivity contribution < 1.29 is 9.59 Å². The number of Topliss-reactive ketones (excluding diaryl/α,β-unsaturated/α-hetero) is 1. The SMILES string of the molecule is O=C1CCCCC1C(=O)N1CCCCC1. The van der Waals surface area contributed by atoms with Gasteiger partial charge in [0.25, 0.3) is 0 Å². The van der Waals surface area contributed by atoms with Crippen molar-refractivity contribution in [3.63, 3.8) is 0 Å². The number of nitrogens with zero attached hydrogens (tertiary/aromatic N) is 1. The van der Waals surface area contributed by atoms with Crippen molar-refractivity contribution in [1.82, 2.24) is 4.90 Å². The van der Waals surface area contributed by atoms with E-state index < -0.39 is 0 Å². The molecule has 1 amide bonds. The van der Waals surface area contributed by atoms with Gasteiger partial charge in [-0.3, -0.25) is 9.59 Å². The molecule has 0 spiro atoms. The van der Waals surface area contributed by atoms with Gasteiger partial charge in [0, 0.05) is 19.5 Å². The fraction of sp³-hybridized carbons (Fsp3) is 0.833. The number of ketones is 1. The summed E-state index contributed by atoms with van der Waals surface area (Å²) in [5, 5.41) is 0. The van der Waals surface area contributed by atoms with Gasteiger partial charge in [0.15, 0.2) is 0 Å². The number of hydrogen-bond donors (Lipinski definition) is 0. The van der Waals surface area contributed by atoms with Crippen molar-refractivity contribution >= 4 is 11.7 Å². The van der Waals surface area contributed by atoms with Crippen molar-refractivity contribution in [3.8, 4) is 0 Å². The molecule has 0 radical (unpaired) electrons. The average Bonchev–Trinajstić information content (AvgIpc) is 2.30. The lowest BCUT2D eigenvalue weighted by atomic mass is 9.86. The first kappa shape index (κ1) is 10.7. The Morgan fingerprint density at radius 2 is 1.80 bits per heavy atom. The number of likely N-dealkylation sites (tertiary alicyclic amines) is 1. The highest BCUT2D eigenvalue weighted by atomic mass is 16.2. The van der Waals surface area contributed by atoms with Crippen LogP contribution in [-0.2, 0) is 9.59 Å². The van der Waals surface area contributed by atoms with E-state index in [1.54, 1.807) is 0 Å². The topological polar surface area (TPSA) is 37.4 Å². The number of rotatable bonds is 1. The zero-order valence-corrected chi connectivity index (χ0v) is 9.21. The normalized spacial score (nSPS) is 27.9. The average molecular weight is 209 g/mol. The van der Waals surface area contributed by atoms with Crippen LogP contribution in [0.4, 0.5) is 0 Å². The molecule has 2 fully saturated rings. The van der Waals surface area contributed by atoms with Crippen LogP contribution < -0.4 is 0 Å². The summed E-state index contributed by atoms with van der Waals surface area (Å²) in [4.78, 5) is 25.6. The van der Waals surface area contributed by atoms with Crippen molar-refractivity contribution in [1.29, 1.82) is 0 Å². The molecule has 1 aliphatic carbocycles. The number of piperidine rings is 1. The van der Waals surface area contributed by atoms with Crippen LogP contribution in [0.15, 0.2) is 0 Å². The van der Waals surface area contributed by atoms with Crippen LogP contribution in [0.1, 0.15) is 44.9 Å². The third kappa shape index (κ3) is 2.39. The standard InChI is InChI=1S/C12H19NO2/c14-11-7-3-2-6-10(11)12(15)13-8-4-1-5-9-13/h10H,1-9H2. The second kappa shape index (κ2) is 4.77. The molecule has 1 aliphatic heterocycles. The third-order valence-corrected chi connectivity index (χ3v) is 3.52. The van der Waals surface area contributed by atoms with Crippen LogP contribution in [0.3, 0.4) is 0 Å². The second-order valence-corrected chi connectivity index (χ2v) is 4.65. The number of amides is 1. The monoisotopic (exact) mass is 209 g/mol. The van der Waals surface area contributed by atoms with Gasteiger partial charge in [0.2, 0.25) is 5.91 Å². The smallest absolute Gasteiger partial charge is 0.233 e. The minimum atomic E-state index is -0.295. The zero-order chi connectivity index (χ0) is 10.7. The maximum absolute atomic E-state index is 12.1. The van der Waals surface area contributed by atoms with Gasteiger partial charge in [-0.2, -0.15) is 0 Å². The molecule has 1 unspecified atom stereocenters. The predicted molar refractivity (Wildman–Crippen MR) is 57.4 cm³/mol. The van der Waals surface area contributed by atoms with E-state index >= 15 is 0 Å². The molecule has 1 saturated heterocycles. The van der Waals surface area contributed by atoms with E-state index in [1.807, 2.05) is 4.90 Å². The summed E-state index contributed by atoms with van der Waals surface area (Å²) in [6, 6.07) is 0. The molecule has 1 heterocycles. The molecule has 15 heavy (non-hydrogen) atoms. The Balaban J connectivity index is 1.95. The van der Waals surface area contributed by atoms with E-state index in [1.165, 1.54) is 6.42 Å². The first-order valence-corrected chi connectivity index (χ1v) is 6.10. The fourth-order valence-electron chi connectivity index (χ4n) is 2.58. The predicted octanol–water partition coefficient (Wildman–Crippen LogP) is 1.76. The molecule has 2 aliphatic rings. The Morgan fingerprint density at radius 1 is 1.07 bits per heavy atom. The summed E-state index contributed by atoms with van der Waals surface area (Å²) in [7, 11) is 0. The van der Waals surface area contributed by atoms with Gasteiger partial charge in [-0.05, 0) is 32.1 Å². The van der Waals surface area contributed by atoms with E-state index in [9.17, 15) is 9.59 Å². The molecule has 3 nitrogen and oxygen atoms in total. The Kier molecular flexibility index (Phi) is 3.39. The highest BCUT2D eigenvalue weighted by Crippen LogP contribution is 2.23. The molecule has 1 saturated carbocycles. The molecule has 3 heteroatoms. The molecule has 2 rings (SSSR count). The van der Waals surface area contributed by atoms with Gasteiger partial charge in [-0.15, -0.1) is 0 Å². The van der Waals surface area contributed by atoms with Gasteiger partial charge in [0.1, 0.15) is 5.78 Å². The minimum Gasteiger partial charge on any atom is -0.342 e. The van der Waals surface area contributed by atoms with Gasteiger partial charge < -0.3 is 4.90 Å². The van der Waals surface area contributed by atoms with Crippen molar-refractivity contribution in [2.45, 2.75) is 44.9 Å². The molecule has 1 atom stereocenters. The largest absolute Gasteiger partial charge is 0.342 e. The van der Waals surface area contributed by atoms with Crippen molar-refractivity contribution in [2.24, 2.45) is 5.92 Å². The molecular weight excluding hydrogens is 190 g/mol.